The zero-order valence-corrected chi connectivity index (χ0v) is 20.4. The predicted molar refractivity (Wildman–Crippen MR) is 131 cm³/mol. The van der Waals surface area contributed by atoms with Crippen LogP contribution in [0.5, 0.6) is 5.75 Å². The SMILES string of the molecule is N#C/C(=C/c1cc(I)cc(I)c1OCc1ccccc1C#N)C(=O)NC1CCCC1. The molecule has 7 heteroatoms. The number of hydrogen-bond donors (Lipinski definition) is 1. The maximum Gasteiger partial charge on any atom is 0.262 e. The molecule has 0 saturated heterocycles. The van der Waals surface area contributed by atoms with Gasteiger partial charge in [-0.3, -0.25) is 4.79 Å². The second kappa shape index (κ2) is 10.8. The van der Waals surface area contributed by atoms with Gasteiger partial charge >= 0.3 is 0 Å². The quantitative estimate of drug-likeness (QED) is 0.269. The van der Waals surface area contributed by atoms with Crippen molar-refractivity contribution >= 4 is 57.2 Å². The molecule has 0 atom stereocenters. The Morgan fingerprint density at radius 2 is 1.93 bits per heavy atom. The molecule has 1 amide bonds. The number of nitrogens with zero attached hydrogens (tertiary/aromatic N) is 2. The van der Waals surface area contributed by atoms with Crippen LogP contribution in [0.25, 0.3) is 6.08 Å². The van der Waals surface area contributed by atoms with E-state index < -0.39 is 0 Å². The summed E-state index contributed by atoms with van der Waals surface area (Å²) in [6, 6.07) is 15.5. The van der Waals surface area contributed by atoms with Crippen molar-refractivity contribution in [2.24, 2.45) is 0 Å². The molecule has 1 N–H and O–H groups in total. The summed E-state index contributed by atoms with van der Waals surface area (Å²) in [6.45, 7) is 0.220. The third-order valence-electron chi connectivity index (χ3n) is 4.90. The van der Waals surface area contributed by atoms with E-state index in [0.29, 0.717) is 16.9 Å². The van der Waals surface area contributed by atoms with Crippen LogP contribution >= 0.6 is 45.2 Å². The van der Waals surface area contributed by atoms with Gasteiger partial charge in [-0.1, -0.05) is 31.0 Å². The lowest BCUT2D eigenvalue weighted by Gasteiger charge is -2.14. The Kier molecular flexibility index (Phi) is 8.11. The van der Waals surface area contributed by atoms with Crippen molar-refractivity contribution in [3.63, 3.8) is 0 Å². The summed E-state index contributed by atoms with van der Waals surface area (Å²) in [5.74, 6) is 0.240. The molecule has 30 heavy (non-hydrogen) atoms. The summed E-state index contributed by atoms with van der Waals surface area (Å²) in [6.07, 6.45) is 5.71. The number of nitriles is 2. The predicted octanol–water partition coefficient (Wildman–Crippen LogP) is 5.31. The molecule has 0 aliphatic heterocycles. The summed E-state index contributed by atoms with van der Waals surface area (Å²) in [5.41, 5.74) is 2.06. The van der Waals surface area contributed by atoms with Crippen molar-refractivity contribution in [1.29, 1.82) is 10.5 Å². The van der Waals surface area contributed by atoms with Gasteiger partial charge in [0, 0.05) is 20.7 Å². The molecule has 1 saturated carbocycles. The molecule has 1 fully saturated rings. The third-order valence-corrected chi connectivity index (χ3v) is 6.33. The molecule has 0 bridgehead atoms. The normalized spacial score (nSPS) is 14.1. The molecule has 0 spiro atoms. The second-order valence-electron chi connectivity index (χ2n) is 6.99. The summed E-state index contributed by atoms with van der Waals surface area (Å²) in [7, 11) is 0. The van der Waals surface area contributed by atoms with Crippen molar-refractivity contribution in [2.75, 3.05) is 0 Å². The van der Waals surface area contributed by atoms with Crippen LogP contribution in [-0.4, -0.2) is 11.9 Å². The van der Waals surface area contributed by atoms with Crippen molar-refractivity contribution < 1.29 is 9.53 Å². The molecular weight excluding hydrogens is 604 g/mol. The molecule has 2 aromatic carbocycles. The van der Waals surface area contributed by atoms with Crippen molar-refractivity contribution in [1.82, 2.24) is 5.32 Å². The highest BCUT2D eigenvalue weighted by atomic mass is 127. The number of nitrogens with one attached hydrogen (secondary N) is 1. The molecule has 1 aliphatic rings. The molecule has 0 aromatic heterocycles. The average Bonchev–Trinajstić information content (AvgIpc) is 3.24. The van der Waals surface area contributed by atoms with E-state index >= 15 is 0 Å². The van der Waals surface area contributed by atoms with Gasteiger partial charge in [-0.2, -0.15) is 10.5 Å². The van der Waals surface area contributed by atoms with E-state index in [4.69, 9.17) is 4.74 Å². The van der Waals surface area contributed by atoms with E-state index in [0.717, 1.165) is 38.4 Å². The molecule has 2 aromatic rings. The van der Waals surface area contributed by atoms with E-state index in [1.165, 1.54) is 0 Å². The van der Waals surface area contributed by atoms with Crippen molar-refractivity contribution in [3.8, 4) is 17.9 Å². The Bertz CT molecular complexity index is 1060. The van der Waals surface area contributed by atoms with Crippen LogP contribution in [0.15, 0.2) is 42.0 Å². The largest absolute Gasteiger partial charge is 0.487 e. The Labute approximate surface area is 203 Å². The Morgan fingerprint density at radius 1 is 1.20 bits per heavy atom. The van der Waals surface area contributed by atoms with Crippen LogP contribution in [0.4, 0.5) is 0 Å². The zero-order chi connectivity index (χ0) is 21.5. The Hall–Kier alpha value is -2.11. The first-order chi connectivity index (χ1) is 14.5. The Balaban J connectivity index is 1.88. The fraction of sp³-hybridized carbons (Fsp3) is 0.261. The van der Waals surface area contributed by atoms with Crippen LogP contribution < -0.4 is 10.1 Å². The summed E-state index contributed by atoms with van der Waals surface area (Å²) < 4.78 is 7.91. The Morgan fingerprint density at radius 3 is 2.63 bits per heavy atom. The van der Waals surface area contributed by atoms with Gasteiger partial charge in [0.2, 0.25) is 0 Å². The first-order valence-electron chi connectivity index (χ1n) is 9.54. The molecule has 1 aliphatic carbocycles. The van der Waals surface area contributed by atoms with Crippen LogP contribution in [0.3, 0.4) is 0 Å². The number of carbonyl (C=O) groups is 1. The van der Waals surface area contributed by atoms with Crippen molar-refractivity contribution in [2.45, 2.75) is 38.3 Å². The van der Waals surface area contributed by atoms with Crippen LogP contribution in [0, 0.1) is 29.8 Å². The summed E-state index contributed by atoms with van der Waals surface area (Å²) in [4.78, 5) is 12.6. The van der Waals surface area contributed by atoms with E-state index in [2.05, 4.69) is 56.6 Å². The van der Waals surface area contributed by atoms with Gasteiger partial charge < -0.3 is 10.1 Å². The molecule has 0 radical (unpaired) electrons. The minimum atomic E-state index is -0.348. The van der Waals surface area contributed by atoms with E-state index in [9.17, 15) is 15.3 Å². The van der Waals surface area contributed by atoms with E-state index in [-0.39, 0.29) is 24.1 Å². The molecule has 152 valence electrons. The summed E-state index contributed by atoms with van der Waals surface area (Å²) in [5, 5.41) is 21.8. The van der Waals surface area contributed by atoms with Gasteiger partial charge in [0.1, 0.15) is 24.0 Å². The maximum atomic E-state index is 12.6. The van der Waals surface area contributed by atoms with Crippen LogP contribution in [0.1, 0.15) is 42.4 Å². The van der Waals surface area contributed by atoms with Gasteiger partial charge in [0.25, 0.3) is 5.91 Å². The number of benzene rings is 2. The fourth-order valence-corrected chi connectivity index (χ4v) is 5.43. The number of amides is 1. The highest BCUT2D eigenvalue weighted by Gasteiger charge is 2.20. The number of hydrogen-bond acceptors (Lipinski definition) is 4. The lowest BCUT2D eigenvalue weighted by atomic mass is 10.1. The lowest BCUT2D eigenvalue weighted by molar-refractivity contribution is -0.117. The minimum absolute atomic E-state index is 0.0574. The smallest absolute Gasteiger partial charge is 0.262 e. The molecular formula is C23H19I2N3O2. The van der Waals surface area contributed by atoms with Crippen molar-refractivity contribution in [3.05, 3.63) is 65.8 Å². The van der Waals surface area contributed by atoms with Gasteiger partial charge in [-0.15, -0.1) is 0 Å². The van der Waals surface area contributed by atoms with Gasteiger partial charge in [-0.05, 0) is 82.3 Å². The first kappa shape index (κ1) is 22.6. The number of ether oxygens (including phenoxy) is 1. The lowest BCUT2D eigenvalue weighted by Crippen LogP contribution is -2.33. The molecule has 0 unspecified atom stereocenters. The van der Waals surface area contributed by atoms with E-state index in [1.54, 1.807) is 12.1 Å². The van der Waals surface area contributed by atoms with Gasteiger partial charge in [0.15, 0.2) is 0 Å². The second-order valence-corrected chi connectivity index (χ2v) is 9.40. The minimum Gasteiger partial charge on any atom is -0.487 e. The highest BCUT2D eigenvalue weighted by molar-refractivity contribution is 14.1. The maximum absolute atomic E-state index is 12.6. The fourth-order valence-electron chi connectivity index (χ4n) is 3.38. The zero-order valence-electron chi connectivity index (χ0n) is 16.1. The van der Waals surface area contributed by atoms with Crippen LogP contribution in [-0.2, 0) is 11.4 Å². The third kappa shape index (κ3) is 5.73. The standard InChI is InChI=1S/C23H19I2N3O2/c24-19-10-17(9-18(13-27)23(29)28-20-7-3-4-8-20)22(21(25)11-19)30-14-16-6-2-1-5-15(16)12-26/h1-2,5-6,9-11,20H,3-4,7-8,14H2,(H,28,29)/b18-9-. The van der Waals surface area contributed by atoms with Crippen LogP contribution in [0.2, 0.25) is 0 Å². The average molecular weight is 623 g/mol. The monoisotopic (exact) mass is 623 g/mol. The summed E-state index contributed by atoms with van der Waals surface area (Å²) >= 11 is 4.38. The number of carbonyl (C=O) groups excluding carboxylic acids is 1. The molecule has 0 heterocycles. The first-order valence-corrected chi connectivity index (χ1v) is 11.7. The molecule has 3 rings (SSSR count). The number of halogens is 2. The number of rotatable bonds is 6. The van der Waals surface area contributed by atoms with Gasteiger partial charge in [-0.25, -0.2) is 0 Å². The van der Waals surface area contributed by atoms with E-state index in [1.807, 2.05) is 36.4 Å². The molecule has 5 nitrogen and oxygen atoms in total. The van der Waals surface area contributed by atoms with Gasteiger partial charge in [0.05, 0.1) is 15.2 Å². The highest BCUT2D eigenvalue weighted by Crippen LogP contribution is 2.31. The topological polar surface area (TPSA) is 85.9 Å².